The van der Waals surface area contributed by atoms with Crippen LogP contribution in [0, 0.1) is 19.1 Å². The third-order valence-corrected chi connectivity index (χ3v) is 13.1. The third kappa shape index (κ3) is 8.29. The van der Waals surface area contributed by atoms with Crippen LogP contribution in [-0.2, 0) is 26.5 Å². The van der Waals surface area contributed by atoms with E-state index in [1.54, 1.807) is 0 Å². The molecule has 8 heteroatoms. The Bertz CT molecular complexity index is 2910. The molecule has 5 aromatic heterocycles. The van der Waals surface area contributed by atoms with Crippen molar-refractivity contribution in [3.8, 4) is 39.5 Å². The van der Waals surface area contributed by atoms with E-state index < -0.39 is 8.07 Å². The average molecular weight is 982 g/mol. The summed E-state index contributed by atoms with van der Waals surface area (Å²) in [5.74, 6) is 1.35. The molecule has 5 heterocycles. The molecule has 1 radical (unpaired) electrons. The van der Waals surface area contributed by atoms with Crippen LogP contribution < -0.4 is 5.19 Å². The van der Waals surface area contributed by atoms with Crippen molar-refractivity contribution in [1.29, 1.82) is 0 Å². The maximum absolute atomic E-state index is 6.54. The van der Waals surface area contributed by atoms with Gasteiger partial charge in [-0.25, -0.2) is 4.98 Å². The van der Waals surface area contributed by atoms with Crippen molar-refractivity contribution in [2.75, 3.05) is 0 Å². The van der Waals surface area contributed by atoms with Crippen molar-refractivity contribution in [1.82, 2.24) is 24.5 Å². The van der Waals surface area contributed by atoms with Crippen LogP contribution in [0.25, 0.3) is 72.6 Å². The summed E-state index contributed by atoms with van der Waals surface area (Å²) in [7, 11) is -1.30. The molecular formula is C52H51IrN5OSi-2. The topological polar surface area (TPSA) is 69.6 Å². The summed E-state index contributed by atoms with van der Waals surface area (Å²) in [6.45, 7) is 20.1. The number of hydrogen-bond acceptors (Lipinski definition) is 5. The Labute approximate surface area is 368 Å². The number of imidazole rings is 1. The molecular weight excluding hydrogens is 931 g/mol. The Kier molecular flexibility index (Phi) is 12.5. The summed E-state index contributed by atoms with van der Waals surface area (Å²) < 4.78 is 8.78. The molecule has 0 amide bonds. The molecule has 9 aromatic rings. The quantitative estimate of drug-likeness (QED) is 0.112. The minimum absolute atomic E-state index is 0. The Morgan fingerprint density at radius 3 is 2.18 bits per heavy atom. The fourth-order valence-electron chi connectivity index (χ4n) is 7.86. The van der Waals surface area contributed by atoms with E-state index >= 15 is 0 Å². The average Bonchev–Trinajstić information content (AvgIpc) is 3.83. The number of fused-ring (bicyclic) bond motifs is 4. The van der Waals surface area contributed by atoms with Gasteiger partial charge in [-0.15, -0.1) is 53.6 Å². The molecule has 9 rings (SSSR count). The molecule has 0 fully saturated rings. The van der Waals surface area contributed by atoms with E-state index in [9.17, 15) is 0 Å². The molecule has 0 aliphatic heterocycles. The Hall–Kier alpha value is -5.53. The number of furan rings is 1. The van der Waals surface area contributed by atoms with E-state index in [-0.39, 0.29) is 26.0 Å². The summed E-state index contributed by atoms with van der Waals surface area (Å²) >= 11 is 0. The van der Waals surface area contributed by atoms with E-state index in [1.165, 1.54) is 21.9 Å². The predicted octanol–water partition coefficient (Wildman–Crippen LogP) is 13.1. The summed E-state index contributed by atoms with van der Waals surface area (Å²) in [5, 5.41) is 3.54. The second-order valence-electron chi connectivity index (χ2n) is 16.9. The largest absolute Gasteiger partial charge is 0.486 e. The van der Waals surface area contributed by atoms with Gasteiger partial charge >= 0.3 is 0 Å². The van der Waals surface area contributed by atoms with Crippen LogP contribution in [0.2, 0.25) is 19.6 Å². The van der Waals surface area contributed by atoms with Crippen LogP contribution in [-0.4, -0.2) is 32.6 Å². The predicted molar refractivity (Wildman–Crippen MR) is 247 cm³/mol. The van der Waals surface area contributed by atoms with Gasteiger partial charge < -0.3 is 14.0 Å². The first-order valence-corrected chi connectivity index (χ1v) is 24.2. The first-order chi connectivity index (χ1) is 28.4. The van der Waals surface area contributed by atoms with Gasteiger partial charge in [0.25, 0.3) is 0 Å². The van der Waals surface area contributed by atoms with Gasteiger partial charge in [-0.3, -0.25) is 9.97 Å². The van der Waals surface area contributed by atoms with Crippen molar-refractivity contribution in [2.45, 2.75) is 79.4 Å². The van der Waals surface area contributed by atoms with Gasteiger partial charge in [-0.2, -0.15) is 0 Å². The van der Waals surface area contributed by atoms with Gasteiger partial charge in [-0.1, -0.05) is 126 Å². The third-order valence-electron chi connectivity index (χ3n) is 11.1. The number of hydrogen-bond donors (Lipinski definition) is 0. The van der Waals surface area contributed by atoms with Crippen molar-refractivity contribution < 1.29 is 24.5 Å². The maximum Gasteiger partial charge on any atom is 0.216 e. The monoisotopic (exact) mass is 982 g/mol. The van der Waals surface area contributed by atoms with Crippen LogP contribution in [0.5, 0.6) is 0 Å². The minimum Gasteiger partial charge on any atom is -0.486 e. The van der Waals surface area contributed by atoms with E-state index in [0.717, 1.165) is 79.0 Å². The molecule has 0 bridgehead atoms. The summed E-state index contributed by atoms with van der Waals surface area (Å²) in [5.41, 5.74) is 14.3. The van der Waals surface area contributed by atoms with E-state index in [4.69, 9.17) is 14.4 Å². The molecule has 0 N–H and O–H groups in total. The molecule has 0 spiro atoms. The van der Waals surface area contributed by atoms with Crippen LogP contribution in [0.4, 0.5) is 0 Å². The fraction of sp³-hybridized carbons (Fsp3) is 0.231. The van der Waals surface area contributed by atoms with Crippen LogP contribution in [0.3, 0.4) is 0 Å². The minimum atomic E-state index is -1.30. The number of aryl methyl sites for hydroxylation is 2. The zero-order valence-corrected chi connectivity index (χ0v) is 39.3. The Balaban J connectivity index is 0.000000241. The van der Waals surface area contributed by atoms with E-state index in [2.05, 4.69) is 167 Å². The molecule has 0 saturated carbocycles. The van der Waals surface area contributed by atoms with Gasteiger partial charge in [-0.05, 0) is 70.1 Å². The van der Waals surface area contributed by atoms with Crippen LogP contribution in [0.15, 0.2) is 126 Å². The molecule has 305 valence electrons. The second-order valence-corrected chi connectivity index (χ2v) is 22.0. The van der Waals surface area contributed by atoms with Crippen molar-refractivity contribution in [3.63, 3.8) is 0 Å². The van der Waals surface area contributed by atoms with Crippen LogP contribution in [0.1, 0.15) is 68.8 Å². The second kappa shape index (κ2) is 17.6. The molecule has 0 atom stereocenters. The van der Waals surface area contributed by atoms with Crippen LogP contribution >= 0.6 is 0 Å². The SMILES string of the molecule is CCc1cc(-c2[c-]cccc2)ncc1[Si](C)(C)C.Cc1c[c-]c(-c2nc3cncc(C(C)C)c3n2-c2ccc(-c3ccccc3)cc2)c2oc3nc(C(C)C)ccc3c12.[Ir]. The zero-order valence-electron chi connectivity index (χ0n) is 35.9. The van der Waals surface area contributed by atoms with Gasteiger partial charge in [0, 0.05) is 49.3 Å². The van der Waals surface area contributed by atoms with Gasteiger partial charge in [0.1, 0.15) is 0 Å². The van der Waals surface area contributed by atoms with E-state index in [0.29, 0.717) is 11.6 Å². The van der Waals surface area contributed by atoms with Crippen molar-refractivity contribution in [2.24, 2.45) is 0 Å². The van der Waals surface area contributed by atoms with Crippen molar-refractivity contribution >= 4 is 46.4 Å². The number of rotatable bonds is 8. The standard InChI is InChI=1S/C36H31N4O.C16H20NSi.Ir/c1-21(2)29-19-37-20-31-33(29)40(26-14-12-25(13-15-26)24-9-7-6-8-10-24)35(38-31)28-16-11-23(5)32-27-17-18-30(22(3)4)39-36(27)41-34(28)32;1-5-13-11-15(14-9-7-6-8-10-14)17-12-16(13)18(2,3)4;/h6-15,17-22H,1-5H3;6-9,11-12H,5H2,1-4H3;/q2*-1;. The first-order valence-electron chi connectivity index (χ1n) is 20.7. The summed E-state index contributed by atoms with van der Waals surface area (Å²) in [4.78, 5) is 19.2. The molecule has 6 nitrogen and oxygen atoms in total. The number of benzene rings is 4. The molecule has 0 unspecified atom stereocenters. The summed E-state index contributed by atoms with van der Waals surface area (Å²) in [6, 6.07) is 42.4. The van der Waals surface area contributed by atoms with Crippen molar-refractivity contribution in [3.05, 3.63) is 156 Å². The smallest absolute Gasteiger partial charge is 0.216 e. The first kappa shape index (κ1) is 42.6. The summed E-state index contributed by atoms with van der Waals surface area (Å²) in [6.07, 6.45) is 6.96. The number of nitrogens with zero attached hydrogens (tertiary/aromatic N) is 5. The maximum atomic E-state index is 6.54. The normalized spacial score (nSPS) is 11.7. The van der Waals surface area contributed by atoms with Gasteiger partial charge in [0.05, 0.1) is 36.7 Å². The van der Waals surface area contributed by atoms with Gasteiger partial charge in [0.15, 0.2) is 0 Å². The zero-order chi connectivity index (χ0) is 41.4. The molecule has 60 heavy (non-hydrogen) atoms. The number of aromatic nitrogens is 5. The van der Waals surface area contributed by atoms with E-state index in [1.807, 2.05) is 42.7 Å². The number of pyridine rings is 3. The van der Waals surface area contributed by atoms with Gasteiger partial charge in [0.2, 0.25) is 5.71 Å². The Morgan fingerprint density at radius 1 is 0.783 bits per heavy atom. The molecule has 0 aliphatic carbocycles. The Morgan fingerprint density at radius 2 is 1.52 bits per heavy atom. The molecule has 4 aromatic carbocycles. The molecule has 0 saturated heterocycles. The fourth-order valence-corrected chi connectivity index (χ4v) is 9.52. The molecule has 0 aliphatic rings.